The maximum Gasteiger partial charge on any atom is 0.0441 e. The molecule has 0 aliphatic rings. The van der Waals surface area contributed by atoms with Crippen LogP contribution in [0.3, 0.4) is 0 Å². The molecule has 0 aliphatic heterocycles. The molecule has 2 N–H and O–H groups in total. The molecule has 0 fully saturated rings. The van der Waals surface area contributed by atoms with Crippen LogP contribution >= 0.6 is 27.5 Å². The van der Waals surface area contributed by atoms with Gasteiger partial charge in [0.2, 0.25) is 0 Å². The van der Waals surface area contributed by atoms with Gasteiger partial charge in [-0.2, -0.15) is 0 Å². The minimum atomic E-state index is 0.264. The van der Waals surface area contributed by atoms with Gasteiger partial charge in [0.1, 0.15) is 0 Å². The Bertz CT molecular complexity index is 510. The molecule has 94 valence electrons. The van der Waals surface area contributed by atoms with Crippen LogP contribution < -0.4 is 5.73 Å². The van der Waals surface area contributed by atoms with Crippen LogP contribution in [0.2, 0.25) is 5.02 Å². The van der Waals surface area contributed by atoms with E-state index in [0.717, 1.165) is 21.5 Å². The van der Waals surface area contributed by atoms with E-state index in [1.807, 2.05) is 18.2 Å². The Balaban J connectivity index is 2.20. The summed E-state index contributed by atoms with van der Waals surface area (Å²) in [6.07, 6.45) is 0.910. The maximum atomic E-state index is 6.23. The van der Waals surface area contributed by atoms with Crippen molar-refractivity contribution in [3.63, 3.8) is 0 Å². The van der Waals surface area contributed by atoms with Gasteiger partial charge >= 0.3 is 0 Å². The fourth-order valence-electron chi connectivity index (χ4n) is 2.03. The number of hydrogen-bond acceptors (Lipinski definition) is 1. The van der Waals surface area contributed by atoms with E-state index in [9.17, 15) is 0 Å². The predicted molar refractivity (Wildman–Crippen MR) is 81.1 cm³/mol. The van der Waals surface area contributed by atoms with Crippen molar-refractivity contribution >= 4 is 27.5 Å². The maximum absolute atomic E-state index is 6.23. The second-order valence-corrected chi connectivity index (χ2v) is 5.61. The fourth-order valence-corrected chi connectivity index (χ4v) is 2.59. The zero-order chi connectivity index (χ0) is 13.0. The Hall–Kier alpha value is -0.830. The van der Waals surface area contributed by atoms with Crippen molar-refractivity contribution in [1.82, 2.24) is 0 Å². The first kappa shape index (κ1) is 13.6. The van der Waals surface area contributed by atoms with Crippen LogP contribution in [0.1, 0.15) is 17.0 Å². The monoisotopic (exact) mass is 323 g/mol. The molecule has 0 saturated heterocycles. The van der Waals surface area contributed by atoms with E-state index in [1.165, 1.54) is 5.56 Å². The molecular weight excluding hydrogens is 310 g/mol. The van der Waals surface area contributed by atoms with Gasteiger partial charge in [0.05, 0.1) is 0 Å². The lowest BCUT2D eigenvalue weighted by atomic mass is 9.92. The van der Waals surface area contributed by atoms with Crippen molar-refractivity contribution in [3.05, 3.63) is 69.2 Å². The lowest BCUT2D eigenvalue weighted by Gasteiger charge is -2.16. The van der Waals surface area contributed by atoms with Gasteiger partial charge in [-0.25, -0.2) is 0 Å². The molecule has 0 aliphatic carbocycles. The average molecular weight is 325 g/mol. The Labute approximate surface area is 121 Å². The van der Waals surface area contributed by atoms with Crippen molar-refractivity contribution in [1.29, 1.82) is 0 Å². The fraction of sp³-hybridized carbons (Fsp3) is 0.200. The van der Waals surface area contributed by atoms with E-state index < -0.39 is 0 Å². The summed E-state index contributed by atoms with van der Waals surface area (Å²) < 4.78 is 1.09. The van der Waals surface area contributed by atoms with Crippen LogP contribution in [0.4, 0.5) is 0 Å². The van der Waals surface area contributed by atoms with Crippen molar-refractivity contribution in [2.75, 3.05) is 6.54 Å². The summed E-state index contributed by atoms with van der Waals surface area (Å²) in [5, 5.41) is 0.796. The number of benzene rings is 2. The van der Waals surface area contributed by atoms with Crippen LogP contribution in [-0.4, -0.2) is 6.54 Å². The lowest BCUT2D eigenvalue weighted by Crippen LogP contribution is -2.15. The van der Waals surface area contributed by atoms with Gasteiger partial charge in [0, 0.05) is 15.4 Å². The highest BCUT2D eigenvalue weighted by Gasteiger charge is 2.13. The Morgan fingerprint density at radius 3 is 2.33 bits per heavy atom. The highest BCUT2D eigenvalue weighted by atomic mass is 79.9. The highest BCUT2D eigenvalue weighted by molar-refractivity contribution is 9.10. The number of hydrogen-bond donors (Lipinski definition) is 1. The van der Waals surface area contributed by atoms with Gasteiger partial charge in [-0.15, -0.1) is 0 Å². The molecule has 0 amide bonds. The molecule has 0 spiro atoms. The van der Waals surface area contributed by atoms with E-state index in [-0.39, 0.29) is 5.92 Å². The second-order valence-electron chi connectivity index (χ2n) is 4.28. The molecule has 0 radical (unpaired) electrons. The van der Waals surface area contributed by atoms with E-state index in [2.05, 4.69) is 46.3 Å². The summed E-state index contributed by atoms with van der Waals surface area (Å²) in [5.74, 6) is 0.264. The molecule has 2 aromatic rings. The van der Waals surface area contributed by atoms with Gasteiger partial charge in [-0.3, -0.25) is 0 Å². The number of rotatable bonds is 4. The first-order valence-electron chi connectivity index (χ1n) is 5.89. The Morgan fingerprint density at radius 2 is 1.72 bits per heavy atom. The number of halogens is 2. The first-order chi connectivity index (χ1) is 8.70. The molecular formula is C15H15BrClN. The third-order valence-electron chi connectivity index (χ3n) is 3.02. The number of nitrogens with two attached hydrogens (primary N) is 1. The van der Waals surface area contributed by atoms with Crippen molar-refractivity contribution in [2.45, 2.75) is 12.3 Å². The Morgan fingerprint density at radius 1 is 1.06 bits per heavy atom. The second kappa shape index (κ2) is 6.37. The Kier molecular flexibility index (Phi) is 4.81. The van der Waals surface area contributed by atoms with Crippen LogP contribution in [0, 0.1) is 0 Å². The largest absolute Gasteiger partial charge is 0.330 e. The molecule has 0 bridgehead atoms. The third kappa shape index (κ3) is 3.35. The van der Waals surface area contributed by atoms with Crippen molar-refractivity contribution < 1.29 is 0 Å². The first-order valence-corrected chi connectivity index (χ1v) is 7.06. The van der Waals surface area contributed by atoms with E-state index in [0.29, 0.717) is 6.54 Å². The molecule has 3 heteroatoms. The van der Waals surface area contributed by atoms with Gasteiger partial charge in [-0.05, 0) is 42.3 Å². The summed E-state index contributed by atoms with van der Waals surface area (Å²) >= 11 is 9.67. The van der Waals surface area contributed by atoms with Gasteiger partial charge in [-0.1, -0.05) is 57.9 Å². The standard InChI is InChI=1S/C15H15BrClN/c16-13-7-5-11(6-8-13)9-12(10-18)14-3-1-2-4-15(14)17/h1-8,12H,9-10,18H2. The predicted octanol–water partition coefficient (Wildman–Crippen LogP) is 4.39. The molecule has 1 unspecified atom stereocenters. The minimum Gasteiger partial charge on any atom is -0.330 e. The van der Waals surface area contributed by atoms with Crippen LogP contribution in [0.15, 0.2) is 53.0 Å². The smallest absolute Gasteiger partial charge is 0.0441 e. The topological polar surface area (TPSA) is 26.0 Å². The molecule has 1 nitrogen and oxygen atoms in total. The van der Waals surface area contributed by atoms with E-state index >= 15 is 0 Å². The normalized spacial score (nSPS) is 12.4. The summed E-state index contributed by atoms with van der Waals surface area (Å²) in [4.78, 5) is 0. The molecule has 0 heterocycles. The third-order valence-corrected chi connectivity index (χ3v) is 3.90. The minimum absolute atomic E-state index is 0.264. The summed E-state index contributed by atoms with van der Waals surface area (Å²) in [6, 6.07) is 16.3. The van der Waals surface area contributed by atoms with E-state index in [1.54, 1.807) is 0 Å². The van der Waals surface area contributed by atoms with Crippen molar-refractivity contribution in [3.8, 4) is 0 Å². The average Bonchev–Trinajstić information content (AvgIpc) is 2.39. The van der Waals surface area contributed by atoms with E-state index in [4.69, 9.17) is 17.3 Å². The van der Waals surface area contributed by atoms with Gasteiger partial charge < -0.3 is 5.73 Å². The zero-order valence-corrected chi connectivity index (χ0v) is 12.3. The van der Waals surface area contributed by atoms with Gasteiger partial charge in [0.25, 0.3) is 0 Å². The molecule has 2 rings (SSSR count). The molecule has 0 saturated carbocycles. The van der Waals surface area contributed by atoms with Crippen LogP contribution in [0.25, 0.3) is 0 Å². The molecule has 18 heavy (non-hydrogen) atoms. The lowest BCUT2D eigenvalue weighted by molar-refractivity contribution is 0.694. The highest BCUT2D eigenvalue weighted by Crippen LogP contribution is 2.27. The van der Waals surface area contributed by atoms with Crippen LogP contribution in [0.5, 0.6) is 0 Å². The molecule has 2 aromatic carbocycles. The molecule has 1 atom stereocenters. The SMILES string of the molecule is NCC(Cc1ccc(Br)cc1)c1ccccc1Cl. The van der Waals surface area contributed by atoms with Crippen LogP contribution in [-0.2, 0) is 6.42 Å². The van der Waals surface area contributed by atoms with Crippen molar-refractivity contribution in [2.24, 2.45) is 5.73 Å². The quantitative estimate of drug-likeness (QED) is 0.887. The summed E-state index contributed by atoms with van der Waals surface area (Å²) in [7, 11) is 0. The zero-order valence-electron chi connectivity index (χ0n) is 9.94. The molecule has 0 aromatic heterocycles. The summed E-state index contributed by atoms with van der Waals surface area (Å²) in [5.41, 5.74) is 8.28. The van der Waals surface area contributed by atoms with Gasteiger partial charge in [0.15, 0.2) is 0 Å². The summed E-state index contributed by atoms with van der Waals surface area (Å²) in [6.45, 7) is 0.597.